The fraction of sp³-hybridized carbons (Fsp3) is 0.222. The van der Waals surface area contributed by atoms with E-state index in [9.17, 15) is 0 Å². The van der Waals surface area contributed by atoms with Gasteiger partial charge in [-0.15, -0.1) is 0 Å². The molecule has 0 aromatic heterocycles. The lowest BCUT2D eigenvalue weighted by Gasteiger charge is -2.05. The van der Waals surface area contributed by atoms with E-state index < -0.39 is 0 Å². The summed E-state index contributed by atoms with van der Waals surface area (Å²) in [5.41, 5.74) is 3.86. The molecule has 0 fully saturated rings. The van der Waals surface area contributed by atoms with Crippen molar-refractivity contribution in [2.24, 2.45) is 0 Å². The molecule has 0 heterocycles. The summed E-state index contributed by atoms with van der Waals surface area (Å²) in [5.74, 6) is 0.895. The Kier molecular flexibility index (Phi) is 4.79. The fourth-order valence-electron chi connectivity index (χ4n) is 2.06. The fourth-order valence-corrected chi connectivity index (χ4v) is 2.06. The highest BCUT2D eigenvalue weighted by atomic mass is 16.5. The third-order valence-corrected chi connectivity index (χ3v) is 3.21. The summed E-state index contributed by atoms with van der Waals surface area (Å²) in [4.78, 5) is 0. The van der Waals surface area contributed by atoms with Gasteiger partial charge in [0.15, 0.2) is 0 Å². The monoisotopic (exact) mass is 252 g/mol. The van der Waals surface area contributed by atoms with Gasteiger partial charge in [-0.1, -0.05) is 48.6 Å². The zero-order valence-corrected chi connectivity index (χ0v) is 11.6. The number of allylic oxidation sites excluding steroid dienone is 2. The Bertz CT molecular complexity index is 521. The van der Waals surface area contributed by atoms with E-state index >= 15 is 0 Å². The van der Waals surface area contributed by atoms with E-state index in [4.69, 9.17) is 4.74 Å². The summed E-state index contributed by atoms with van der Waals surface area (Å²) < 4.78 is 5.17. The van der Waals surface area contributed by atoms with Gasteiger partial charge in [0.25, 0.3) is 0 Å². The van der Waals surface area contributed by atoms with Gasteiger partial charge in [-0.05, 0) is 48.6 Å². The van der Waals surface area contributed by atoms with Gasteiger partial charge >= 0.3 is 0 Å². The Balaban J connectivity index is 2.08. The first-order valence-corrected chi connectivity index (χ1v) is 6.68. The van der Waals surface area contributed by atoms with Gasteiger partial charge < -0.3 is 4.74 Å². The standard InChI is InChI=1S/C18H20O/c1-3-4-5-6-15-7-9-16(10-8-15)17-11-13-18(19-2)14-12-17/h3-4,7-14H,5-6H2,1-2H3/b4-3+. The van der Waals surface area contributed by atoms with Crippen molar-refractivity contribution < 1.29 is 4.74 Å². The highest BCUT2D eigenvalue weighted by Crippen LogP contribution is 2.22. The second-order valence-corrected chi connectivity index (χ2v) is 4.53. The lowest BCUT2D eigenvalue weighted by Crippen LogP contribution is -1.85. The molecule has 0 aliphatic carbocycles. The number of hydrogen-bond donors (Lipinski definition) is 0. The number of methoxy groups -OCH3 is 1. The van der Waals surface area contributed by atoms with E-state index in [1.165, 1.54) is 16.7 Å². The number of aryl methyl sites for hydroxylation is 1. The minimum atomic E-state index is 0.895. The van der Waals surface area contributed by atoms with Crippen LogP contribution in [0.2, 0.25) is 0 Å². The van der Waals surface area contributed by atoms with Crippen LogP contribution in [0.4, 0.5) is 0 Å². The SMILES string of the molecule is C/C=C/CCc1ccc(-c2ccc(OC)cc2)cc1. The van der Waals surface area contributed by atoms with Crippen molar-refractivity contribution in [1.82, 2.24) is 0 Å². The maximum Gasteiger partial charge on any atom is 0.118 e. The van der Waals surface area contributed by atoms with Crippen molar-refractivity contribution in [3.05, 3.63) is 66.2 Å². The van der Waals surface area contributed by atoms with Crippen molar-refractivity contribution in [2.45, 2.75) is 19.8 Å². The molecule has 0 radical (unpaired) electrons. The van der Waals surface area contributed by atoms with Crippen LogP contribution >= 0.6 is 0 Å². The van der Waals surface area contributed by atoms with Crippen molar-refractivity contribution in [1.29, 1.82) is 0 Å². The van der Waals surface area contributed by atoms with E-state index in [-0.39, 0.29) is 0 Å². The number of rotatable bonds is 5. The smallest absolute Gasteiger partial charge is 0.118 e. The molecule has 1 nitrogen and oxygen atoms in total. The molecule has 2 aromatic rings. The average Bonchev–Trinajstić information content (AvgIpc) is 2.48. The van der Waals surface area contributed by atoms with Crippen molar-refractivity contribution in [2.75, 3.05) is 7.11 Å². The summed E-state index contributed by atoms with van der Waals surface area (Å²) in [7, 11) is 1.69. The number of hydrogen-bond acceptors (Lipinski definition) is 1. The zero-order valence-electron chi connectivity index (χ0n) is 11.6. The molecule has 0 bridgehead atoms. The molecule has 2 aromatic carbocycles. The average molecular weight is 252 g/mol. The molecule has 0 aliphatic rings. The molecular weight excluding hydrogens is 232 g/mol. The molecular formula is C18H20O. The summed E-state index contributed by atoms with van der Waals surface area (Å²) in [6, 6.07) is 17.0. The molecule has 0 aliphatic heterocycles. The van der Waals surface area contributed by atoms with Gasteiger partial charge in [0, 0.05) is 0 Å². The van der Waals surface area contributed by atoms with Crippen LogP contribution in [0.5, 0.6) is 5.75 Å². The van der Waals surface area contributed by atoms with Crippen LogP contribution in [0, 0.1) is 0 Å². The van der Waals surface area contributed by atoms with Crippen LogP contribution in [0.15, 0.2) is 60.7 Å². The van der Waals surface area contributed by atoms with E-state index in [1.807, 2.05) is 12.1 Å². The molecule has 0 atom stereocenters. The van der Waals surface area contributed by atoms with Crippen LogP contribution in [0.1, 0.15) is 18.9 Å². The largest absolute Gasteiger partial charge is 0.497 e. The molecule has 0 spiro atoms. The maximum atomic E-state index is 5.17. The van der Waals surface area contributed by atoms with Gasteiger partial charge in [-0.25, -0.2) is 0 Å². The quantitative estimate of drug-likeness (QED) is 0.690. The highest BCUT2D eigenvalue weighted by molar-refractivity contribution is 5.64. The number of benzene rings is 2. The third kappa shape index (κ3) is 3.72. The molecule has 19 heavy (non-hydrogen) atoms. The minimum absolute atomic E-state index is 0.895. The first-order chi connectivity index (χ1) is 9.33. The summed E-state index contributed by atoms with van der Waals surface area (Å²) in [6.45, 7) is 2.06. The van der Waals surface area contributed by atoms with Crippen LogP contribution in [0.3, 0.4) is 0 Å². The van der Waals surface area contributed by atoms with Gasteiger partial charge in [-0.2, -0.15) is 0 Å². The van der Waals surface area contributed by atoms with E-state index in [2.05, 4.69) is 55.5 Å². The highest BCUT2D eigenvalue weighted by Gasteiger charge is 1.98. The Morgan fingerprint density at radius 1 is 0.895 bits per heavy atom. The van der Waals surface area contributed by atoms with Gasteiger partial charge in [0.1, 0.15) is 5.75 Å². The van der Waals surface area contributed by atoms with Gasteiger partial charge in [0.2, 0.25) is 0 Å². The molecule has 0 unspecified atom stereocenters. The maximum absolute atomic E-state index is 5.17. The second-order valence-electron chi connectivity index (χ2n) is 4.53. The van der Waals surface area contributed by atoms with Gasteiger partial charge in [0.05, 0.1) is 7.11 Å². The van der Waals surface area contributed by atoms with Crippen LogP contribution in [0.25, 0.3) is 11.1 Å². The summed E-state index contributed by atoms with van der Waals surface area (Å²) >= 11 is 0. The Labute approximate surface area is 115 Å². The molecule has 0 saturated heterocycles. The van der Waals surface area contributed by atoms with E-state index in [0.717, 1.165) is 18.6 Å². The van der Waals surface area contributed by atoms with Crippen LogP contribution in [-0.2, 0) is 6.42 Å². The normalized spacial score (nSPS) is 10.8. The third-order valence-electron chi connectivity index (χ3n) is 3.21. The van der Waals surface area contributed by atoms with Gasteiger partial charge in [-0.3, -0.25) is 0 Å². The molecule has 98 valence electrons. The molecule has 2 rings (SSSR count). The van der Waals surface area contributed by atoms with E-state index in [1.54, 1.807) is 7.11 Å². The topological polar surface area (TPSA) is 9.23 Å². The minimum Gasteiger partial charge on any atom is -0.497 e. The molecule has 0 saturated carbocycles. The first-order valence-electron chi connectivity index (χ1n) is 6.68. The molecule has 0 amide bonds. The zero-order chi connectivity index (χ0) is 13.5. The van der Waals surface area contributed by atoms with Crippen LogP contribution in [-0.4, -0.2) is 7.11 Å². The van der Waals surface area contributed by atoms with Crippen molar-refractivity contribution in [3.63, 3.8) is 0 Å². The predicted molar refractivity (Wildman–Crippen MR) is 81.6 cm³/mol. The second kappa shape index (κ2) is 6.79. The predicted octanol–water partition coefficient (Wildman–Crippen LogP) is 4.87. The lowest BCUT2D eigenvalue weighted by atomic mass is 10.0. The Morgan fingerprint density at radius 3 is 2.00 bits per heavy atom. The molecule has 0 N–H and O–H groups in total. The number of ether oxygens (including phenoxy) is 1. The van der Waals surface area contributed by atoms with Crippen LogP contribution < -0.4 is 4.74 Å². The first kappa shape index (κ1) is 13.4. The summed E-state index contributed by atoms with van der Waals surface area (Å²) in [6.07, 6.45) is 6.52. The van der Waals surface area contributed by atoms with Crippen molar-refractivity contribution in [3.8, 4) is 16.9 Å². The molecule has 1 heteroatoms. The Morgan fingerprint density at radius 2 is 1.47 bits per heavy atom. The van der Waals surface area contributed by atoms with E-state index in [0.29, 0.717) is 0 Å². The summed E-state index contributed by atoms with van der Waals surface area (Å²) in [5, 5.41) is 0. The lowest BCUT2D eigenvalue weighted by molar-refractivity contribution is 0.415. The Hall–Kier alpha value is -2.02. The van der Waals surface area contributed by atoms with Crippen molar-refractivity contribution >= 4 is 0 Å².